The Labute approximate surface area is 348 Å². The average Bonchev–Trinajstić information content (AvgIpc) is 3.59. The summed E-state index contributed by atoms with van der Waals surface area (Å²) >= 11 is 0. The summed E-state index contributed by atoms with van der Waals surface area (Å²) in [5.74, 6) is -0.475. The van der Waals surface area contributed by atoms with E-state index in [1.165, 1.54) is 0 Å². The van der Waals surface area contributed by atoms with Crippen LogP contribution in [-0.2, 0) is 43.2 Å². The first-order valence-electron chi connectivity index (χ1n) is 20.4. The van der Waals surface area contributed by atoms with Crippen molar-refractivity contribution < 1.29 is 33.4 Å². The van der Waals surface area contributed by atoms with Crippen LogP contribution in [0.15, 0.2) is 108 Å². The molecule has 4 aromatic rings. The predicted octanol–water partition coefficient (Wildman–Crippen LogP) is 7.87. The Kier molecular flexibility index (Phi) is 15.6. The van der Waals surface area contributed by atoms with Crippen LogP contribution in [0.4, 0.5) is 9.59 Å². The molecule has 0 radical (unpaired) electrons. The molecule has 1 fully saturated rings. The van der Waals surface area contributed by atoms with Crippen molar-refractivity contribution in [2.45, 2.75) is 116 Å². The van der Waals surface area contributed by atoms with Crippen LogP contribution >= 0.6 is 0 Å². The summed E-state index contributed by atoms with van der Waals surface area (Å²) in [6, 6.07) is 32.9. The maximum Gasteiger partial charge on any atom is 0.414 e. The third-order valence-corrected chi connectivity index (χ3v) is 9.56. The number of aryl methyl sites for hydroxylation is 1. The second-order valence-electron chi connectivity index (χ2n) is 16.9. The summed E-state index contributed by atoms with van der Waals surface area (Å²) in [6.45, 7) is 11.4. The summed E-state index contributed by atoms with van der Waals surface area (Å²) in [4.78, 5) is 59.7. The number of fused-ring (bicyclic) bond motifs is 1. The summed E-state index contributed by atoms with van der Waals surface area (Å²) in [5.41, 5.74) is 1.48. The number of amides is 4. The number of nitrogens with zero attached hydrogens (tertiary/aromatic N) is 2. The van der Waals surface area contributed by atoms with E-state index in [0.717, 1.165) is 27.5 Å². The fraction of sp³-hybridized carbons (Fsp3) is 0.426. The van der Waals surface area contributed by atoms with Crippen molar-refractivity contribution in [3.63, 3.8) is 0 Å². The van der Waals surface area contributed by atoms with E-state index >= 15 is 0 Å². The third kappa shape index (κ3) is 15.2. The SMILES string of the molecule is CC(C)(C)OC(=O)NC(=NCCC[C@H]1C[C@@H](OCc2ccc3ccccc3c2)CN1C(=O)[C@@H](Cc1ccccc1)NC(=O)CCc1ccccc1)NC(=O)OC(C)(C)C. The highest BCUT2D eigenvalue weighted by Gasteiger charge is 2.39. The summed E-state index contributed by atoms with van der Waals surface area (Å²) in [5, 5.41) is 10.4. The smallest absolute Gasteiger partial charge is 0.414 e. The molecule has 0 bridgehead atoms. The zero-order valence-electron chi connectivity index (χ0n) is 35.2. The van der Waals surface area contributed by atoms with Gasteiger partial charge in [0.05, 0.1) is 12.7 Å². The lowest BCUT2D eigenvalue weighted by Crippen LogP contribution is -2.51. The molecule has 4 amide bonds. The van der Waals surface area contributed by atoms with Gasteiger partial charge in [0.25, 0.3) is 0 Å². The van der Waals surface area contributed by atoms with Crippen molar-refractivity contribution in [3.8, 4) is 0 Å². The quantitative estimate of drug-likeness (QED) is 0.0668. The Morgan fingerprint density at radius 1 is 0.746 bits per heavy atom. The molecule has 12 heteroatoms. The zero-order valence-corrected chi connectivity index (χ0v) is 35.2. The first-order chi connectivity index (χ1) is 28.1. The number of carbonyl (C=O) groups is 4. The Morgan fingerprint density at radius 2 is 1.34 bits per heavy atom. The maximum atomic E-state index is 14.7. The number of likely N-dealkylation sites (tertiary alicyclic amines) is 1. The van der Waals surface area contributed by atoms with Crippen LogP contribution in [0.5, 0.6) is 0 Å². The van der Waals surface area contributed by atoms with E-state index in [-0.39, 0.29) is 42.9 Å². The highest BCUT2D eigenvalue weighted by molar-refractivity contribution is 6.01. The Balaban J connectivity index is 1.32. The number of rotatable bonds is 14. The first-order valence-corrected chi connectivity index (χ1v) is 20.4. The minimum absolute atomic E-state index is 0.106. The van der Waals surface area contributed by atoms with E-state index in [1.54, 1.807) is 41.5 Å². The first kappa shape index (κ1) is 44.4. The second kappa shape index (κ2) is 20.8. The van der Waals surface area contributed by atoms with E-state index in [2.05, 4.69) is 51.3 Å². The molecule has 3 N–H and O–H groups in total. The highest BCUT2D eigenvalue weighted by Crippen LogP contribution is 2.27. The van der Waals surface area contributed by atoms with Crippen LogP contribution in [0.1, 0.15) is 83.9 Å². The topological polar surface area (TPSA) is 148 Å². The normalized spacial score (nSPS) is 15.9. The van der Waals surface area contributed by atoms with Gasteiger partial charge < -0.3 is 24.4 Å². The number of benzene rings is 4. The molecule has 12 nitrogen and oxygen atoms in total. The molecule has 5 rings (SSSR count). The molecule has 4 aromatic carbocycles. The number of ether oxygens (including phenoxy) is 3. The van der Waals surface area contributed by atoms with Crippen molar-refractivity contribution in [3.05, 3.63) is 120 Å². The van der Waals surface area contributed by atoms with Gasteiger partial charge in [0.15, 0.2) is 0 Å². The molecule has 59 heavy (non-hydrogen) atoms. The number of alkyl carbamates (subject to hydrolysis) is 2. The molecule has 0 aliphatic carbocycles. The van der Waals surface area contributed by atoms with Crippen LogP contribution in [0.3, 0.4) is 0 Å². The molecule has 1 saturated heterocycles. The lowest BCUT2D eigenvalue weighted by atomic mass is 10.0. The van der Waals surface area contributed by atoms with Gasteiger partial charge in [-0.05, 0) is 101 Å². The van der Waals surface area contributed by atoms with Gasteiger partial charge in [-0.3, -0.25) is 25.2 Å². The maximum absolute atomic E-state index is 14.7. The van der Waals surface area contributed by atoms with E-state index < -0.39 is 29.4 Å². The minimum atomic E-state index is -0.789. The standard InChI is InChI=1S/C47H59N5O7/c1-46(2,3)58-44(55)50-43(51-45(56)59-47(4,5)6)48-27-15-22-38-30-39(57-32-35-23-25-36-20-13-14-21-37(36)28-35)31-52(38)42(54)40(29-34-18-11-8-12-19-34)49-41(53)26-24-33-16-9-7-10-17-33/h7-14,16-21,23,25,28,38-40H,15,22,24,26-27,29-32H2,1-6H3,(H,49,53)(H2,48,50,51,55,56)/t38-,39+,40+/m0/s1. The van der Waals surface area contributed by atoms with Crippen LogP contribution in [-0.4, -0.2) is 77.3 Å². The minimum Gasteiger partial charge on any atom is -0.444 e. The van der Waals surface area contributed by atoms with Gasteiger partial charge in [-0.1, -0.05) is 97.1 Å². The molecule has 0 unspecified atom stereocenters. The molecular formula is C47H59N5O7. The molecule has 314 valence electrons. The molecule has 0 saturated carbocycles. The molecule has 1 aliphatic rings. The fourth-order valence-electron chi connectivity index (χ4n) is 6.93. The number of hydrogen-bond donors (Lipinski definition) is 3. The van der Waals surface area contributed by atoms with Crippen LogP contribution in [0.25, 0.3) is 10.8 Å². The Bertz CT molecular complexity index is 2010. The molecule has 3 atom stereocenters. The monoisotopic (exact) mass is 805 g/mol. The molecule has 0 spiro atoms. The van der Waals surface area contributed by atoms with Crippen molar-refractivity contribution in [2.24, 2.45) is 4.99 Å². The number of guanidine groups is 1. The highest BCUT2D eigenvalue weighted by atomic mass is 16.6. The largest absolute Gasteiger partial charge is 0.444 e. The van der Waals surface area contributed by atoms with Gasteiger partial charge in [0.1, 0.15) is 17.2 Å². The number of carbonyl (C=O) groups excluding carboxylic acids is 4. The van der Waals surface area contributed by atoms with E-state index in [0.29, 0.717) is 45.3 Å². The number of hydrogen-bond acceptors (Lipinski definition) is 8. The summed E-state index contributed by atoms with van der Waals surface area (Å²) in [6.07, 6.45) is 0.991. The van der Waals surface area contributed by atoms with E-state index in [1.807, 2.05) is 77.7 Å². The number of aliphatic imine (C=N–C) groups is 1. The van der Waals surface area contributed by atoms with E-state index in [4.69, 9.17) is 14.2 Å². The van der Waals surface area contributed by atoms with Gasteiger partial charge in [-0.2, -0.15) is 0 Å². The fourth-order valence-corrected chi connectivity index (χ4v) is 6.93. The van der Waals surface area contributed by atoms with Crippen molar-refractivity contribution in [1.29, 1.82) is 0 Å². The Hall–Kier alpha value is -5.75. The van der Waals surface area contributed by atoms with Gasteiger partial charge in [-0.25, -0.2) is 9.59 Å². The lowest BCUT2D eigenvalue weighted by molar-refractivity contribution is -0.137. The lowest BCUT2D eigenvalue weighted by Gasteiger charge is -2.29. The van der Waals surface area contributed by atoms with Crippen LogP contribution in [0, 0.1) is 0 Å². The van der Waals surface area contributed by atoms with Crippen LogP contribution in [0.2, 0.25) is 0 Å². The third-order valence-electron chi connectivity index (χ3n) is 9.56. The zero-order chi connectivity index (χ0) is 42.4. The predicted molar refractivity (Wildman–Crippen MR) is 230 cm³/mol. The molecular weight excluding hydrogens is 747 g/mol. The summed E-state index contributed by atoms with van der Waals surface area (Å²) in [7, 11) is 0. The van der Waals surface area contributed by atoms with Gasteiger partial charge >= 0.3 is 12.2 Å². The molecule has 0 aromatic heterocycles. The van der Waals surface area contributed by atoms with Gasteiger partial charge in [0.2, 0.25) is 17.8 Å². The Morgan fingerprint density at radius 3 is 1.97 bits per heavy atom. The van der Waals surface area contributed by atoms with Crippen molar-refractivity contribution >= 4 is 40.7 Å². The number of nitrogens with one attached hydrogen (secondary N) is 3. The van der Waals surface area contributed by atoms with Crippen molar-refractivity contribution in [1.82, 2.24) is 20.9 Å². The van der Waals surface area contributed by atoms with Gasteiger partial charge in [0, 0.05) is 32.0 Å². The summed E-state index contributed by atoms with van der Waals surface area (Å²) < 4.78 is 17.3. The molecule has 1 aliphatic heterocycles. The van der Waals surface area contributed by atoms with Crippen molar-refractivity contribution in [2.75, 3.05) is 13.1 Å². The second-order valence-corrected chi connectivity index (χ2v) is 16.9. The molecule has 1 heterocycles. The van der Waals surface area contributed by atoms with Gasteiger partial charge in [-0.15, -0.1) is 0 Å². The average molecular weight is 806 g/mol. The van der Waals surface area contributed by atoms with E-state index in [9.17, 15) is 19.2 Å². The van der Waals surface area contributed by atoms with Crippen LogP contribution < -0.4 is 16.0 Å².